The van der Waals surface area contributed by atoms with E-state index in [9.17, 15) is 4.79 Å². The van der Waals surface area contributed by atoms with Crippen LogP contribution in [0.2, 0.25) is 0 Å². The minimum atomic E-state index is -0.794. The second-order valence-corrected chi connectivity index (χ2v) is 5.47. The van der Waals surface area contributed by atoms with Crippen molar-refractivity contribution in [3.63, 3.8) is 0 Å². The summed E-state index contributed by atoms with van der Waals surface area (Å²) < 4.78 is 0. The smallest absolute Gasteiger partial charge is 0.317 e. The van der Waals surface area contributed by atoms with E-state index in [0.717, 1.165) is 29.2 Å². The Morgan fingerprint density at radius 2 is 2.10 bits per heavy atom. The Kier molecular flexibility index (Phi) is 5.26. The van der Waals surface area contributed by atoms with Gasteiger partial charge in [-0.25, -0.2) is 4.98 Å². The molecule has 2 aromatic rings. The minimum absolute atomic E-state index is 0.0615. The summed E-state index contributed by atoms with van der Waals surface area (Å²) in [5.41, 5.74) is 2.03. The molecule has 2 rings (SSSR count). The van der Waals surface area contributed by atoms with Gasteiger partial charge < -0.3 is 5.11 Å². The van der Waals surface area contributed by atoms with Crippen LogP contribution in [0.25, 0.3) is 10.6 Å². The number of rotatable bonds is 7. The van der Waals surface area contributed by atoms with Crippen molar-refractivity contribution in [2.75, 3.05) is 13.1 Å². The molecule has 4 nitrogen and oxygen atoms in total. The molecule has 0 saturated carbocycles. The number of carbonyl (C=O) groups is 1. The van der Waals surface area contributed by atoms with Gasteiger partial charge in [0.15, 0.2) is 0 Å². The fourth-order valence-electron chi connectivity index (χ4n) is 2.04. The first kappa shape index (κ1) is 14.7. The molecule has 0 aliphatic heterocycles. The third kappa shape index (κ3) is 4.15. The molecule has 0 bridgehead atoms. The van der Waals surface area contributed by atoms with E-state index in [0.29, 0.717) is 6.54 Å². The van der Waals surface area contributed by atoms with Crippen LogP contribution in [-0.2, 0) is 11.3 Å². The zero-order valence-corrected chi connectivity index (χ0v) is 12.3. The number of benzene rings is 1. The van der Waals surface area contributed by atoms with Crippen molar-refractivity contribution in [1.29, 1.82) is 0 Å². The van der Waals surface area contributed by atoms with Gasteiger partial charge in [-0.05, 0) is 13.0 Å². The molecule has 0 radical (unpaired) electrons. The molecule has 0 aliphatic carbocycles. The molecule has 1 aromatic carbocycles. The summed E-state index contributed by atoms with van der Waals surface area (Å²) in [5, 5.41) is 11.9. The normalized spacial score (nSPS) is 10.9. The number of carboxylic acid groups (broad SMARTS) is 1. The molecule has 0 spiro atoms. The maximum atomic E-state index is 10.8. The van der Waals surface area contributed by atoms with Crippen LogP contribution in [0.4, 0.5) is 0 Å². The number of aliphatic carboxylic acids is 1. The van der Waals surface area contributed by atoms with Crippen LogP contribution in [0.5, 0.6) is 0 Å². The summed E-state index contributed by atoms with van der Waals surface area (Å²) in [6.45, 7) is 3.46. The maximum absolute atomic E-state index is 10.8. The Morgan fingerprint density at radius 1 is 1.35 bits per heavy atom. The molecule has 1 heterocycles. The van der Waals surface area contributed by atoms with Gasteiger partial charge in [-0.2, -0.15) is 0 Å². The highest BCUT2D eigenvalue weighted by atomic mass is 32.1. The van der Waals surface area contributed by atoms with E-state index in [1.807, 2.05) is 47.5 Å². The van der Waals surface area contributed by atoms with Crippen LogP contribution in [0.3, 0.4) is 0 Å². The Labute approximate surface area is 122 Å². The number of aromatic nitrogens is 1. The number of carboxylic acids is 1. The molecule has 0 aliphatic rings. The average molecular weight is 290 g/mol. The average Bonchev–Trinajstić information content (AvgIpc) is 2.88. The number of thiazole rings is 1. The predicted molar refractivity (Wildman–Crippen MR) is 80.8 cm³/mol. The fourth-order valence-corrected chi connectivity index (χ4v) is 2.86. The first-order valence-electron chi connectivity index (χ1n) is 6.63. The molecule has 0 unspecified atom stereocenters. The molecular formula is C15H18N2O2S. The first-order chi connectivity index (χ1) is 9.69. The van der Waals surface area contributed by atoms with Gasteiger partial charge in [0.2, 0.25) is 0 Å². The molecule has 5 heteroatoms. The van der Waals surface area contributed by atoms with Gasteiger partial charge in [0.1, 0.15) is 5.01 Å². The number of hydrogen-bond acceptors (Lipinski definition) is 4. The van der Waals surface area contributed by atoms with E-state index in [1.165, 1.54) is 0 Å². The maximum Gasteiger partial charge on any atom is 0.317 e. The van der Waals surface area contributed by atoms with Crippen molar-refractivity contribution >= 4 is 17.3 Å². The van der Waals surface area contributed by atoms with E-state index < -0.39 is 5.97 Å². The summed E-state index contributed by atoms with van der Waals surface area (Å²) in [6, 6.07) is 10.0. The van der Waals surface area contributed by atoms with E-state index >= 15 is 0 Å². The third-order valence-corrected chi connectivity index (χ3v) is 3.80. The summed E-state index contributed by atoms with van der Waals surface area (Å²) in [4.78, 5) is 17.3. The van der Waals surface area contributed by atoms with Crippen molar-refractivity contribution < 1.29 is 9.90 Å². The minimum Gasteiger partial charge on any atom is -0.480 e. The van der Waals surface area contributed by atoms with Crippen LogP contribution in [-0.4, -0.2) is 34.0 Å². The highest BCUT2D eigenvalue weighted by Gasteiger charge is 2.12. The Morgan fingerprint density at radius 3 is 2.75 bits per heavy atom. The van der Waals surface area contributed by atoms with Gasteiger partial charge in [-0.15, -0.1) is 11.3 Å². The predicted octanol–water partition coefficient (Wildman–Crippen LogP) is 3.11. The van der Waals surface area contributed by atoms with Crippen LogP contribution >= 0.6 is 11.3 Å². The third-order valence-electron chi connectivity index (χ3n) is 2.86. The van der Waals surface area contributed by atoms with Gasteiger partial charge in [-0.3, -0.25) is 9.69 Å². The standard InChI is InChI=1S/C15H18N2O2S/c1-2-8-17(10-14(18)19)9-13-11-20-15(16-13)12-6-4-3-5-7-12/h3-7,11H,2,8-10H2,1H3,(H,18,19). The van der Waals surface area contributed by atoms with Crippen molar-refractivity contribution in [3.8, 4) is 10.6 Å². The van der Waals surface area contributed by atoms with E-state index in [-0.39, 0.29) is 6.54 Å². The van der Waals surface area contributed by atoms with Gasteiger partial charge in [-0.1, -0.05) is 37.3 Å². The summed E-state index contributed by atoms with van der Waals surface area (Å²) in [6.07, 6.45) is 0.933. The zero-order valence-electron chi connectivity index (χ0n) is 11.5. The lowest BCUT2D eigenvalue weighted by Crippen LogP contribution is -2.30. The lowest BCUT2D eigenvalue weighted by atomic mass is 10.2. The highest BCUT2D eigenvalue weighted by molar-refractivity contribution is 7.13. The monoisotopic (exact) mass is 290 g/mol. The van der Waals surface area contributed by atoms with Gasteiger partial charge in [0.25, 0.3) is 0 Å². The summed E-state index contributed by atoms with van der Waals surface area (Å²) in [5.74, 6) is -0.794. The van der Waals surface area contributed by atoms with Gasteiger partial charge in [0.05, 0.1) is 12.2 Å². The van der Waals surface area contributed by atoms with Crippen LogP contribution in [0.15, 0.2) is 35.7 Å². The largest absolute Gasteiger partial charge is 0.480 e. The molecule has 0 amide bonds. The molecule has 0 fully saturated rings. The van der Waals surface area contributed by atoms with Gasteiger partial charge >= 0.3 is 5.97 Å². The van der Waals surface area contributed by atoms with E-state index in [2.05, 4.69) is 4.98 Å². The van der Waals surface area contributed by atoms with Crippen LogP contribution in [0, 0.1) is 0 Å². The first-order valence-corrected chi connectivity index (χ1v) is 7.51. The summed E-state index contributed by atoms with van der Waals surface area (Å²) >= 11 is 1.60. The summed E-state index contributed by atoms with van der Waals surface area (Å²) in [7, 11) is 0. The van der Waals surface area contributed by atoms with Crippen molar-refractivity contribution in [3.05, 3.63) is 41.4 Å². The van der Waals surface area contributed by atoms with Crippen LogP contribution in [0.1, 0.15) is 19.0 Å². The highest BCUT2D eigenvalue weighted by Crippen LogP contribution is 2.23. The Bertz CT molecular complexity index is 554. The van der Waals surface area contributed by atoms with Crippen molar-refractivity contribution in [2.45, 2.75) is 19.9 Å². The lowest BCUT2D eigenvalue weighted by molar-refractivity contribution is -0.138. The van der Waals surface area contributed by atoms with E-state index in [4.69, 9.17) is 5.11 Å². The second kappa shape index (κ2) is 7.17. The molecule has 106 valence electrons. The van der Waals surface area contributed by atoms with Crippen molar-refractivity contribution in [1.82, 2.24) is 9.88 Å². The quantitative estimate of drug-likeness (QED) is 0.851. The van der Waals surface area contributed by atoms with Crippen molar-refractivity contribution in [2.24, 2.45) is 0 Å². The molecule has 1 N–H and O–H groups in total. The topological polar surface area (TPSA) is 53.4 Å². The second-order valence-electron chi connectivity index (χ2n) is 4.61. The molecule has 1 aromatic heterocycles. The number of hydrogen-bond donors (Lipinski definition) is 1. The Balaban J connectivity index is 2.06. The molecule has 0 atom stereocenters. The molecular weight excluding hydrogens is 272 g/mol. The molecule has 20 heavy (non-hydrogen) atoms. The van der Waals surface area contributed by atoms with Gasteiger partial charge in [0, 0.05) is 17.5 Å². The number of nitrogens with zero attached hydrogens (tertiary/aromatic N) is 2. The Hall–Kier alpha value is -1.72. The SMILES string of the molecule is CCCN(CC(=O)O)Cc1csc(-c2ccccc2)n1. The zero-order chi connectivity index (χ0) is 14.4. The van der Waals surface area contributed by atoms with Crippen LogP contribution < -0.4 is 0 Å². The fraction of sp³-hybridized carbons (Fsp3) is 0.333. The molecule has 0 saturated heterocycles. The lowest BCUT2D eigenvalue weighted by Gasteiger charge is -2.17. The van der Waals surface area contributed by atoms with E-state index in [1.54, 1.807) is 11.3 Å².